The Kier molecular flexibility index (Phi) is 3.98. The molecule has 1 heterocycles. The van der Waals surface area contributed by atoms with Crippen LogP contribution in [0.3, 0.4) is 0 Å². The zero-order valence-corrected chi connectivity index (χ0v) is 12.7. The van der Waals surface area contributed by atoms with Gasteiger partial charge in [0.2, 0.25) is 0 Å². The molecule has 2 fully saturated rings. The third kappa shape index (κ3) is 2.63. The maximum atomic E-state index is 12.5. The lowest BCUT2D eigenvalue weighted by atomic mass is 9.73. The number of carbonyl (C=O) groups is 2. The van der Waals surface area contributed by atoms with Gasteiger partial charge < -0.3 is 15.3 Å². The number of carbonyl (C=O) groups excluding carboxylic acids is 1. The smallest absolute Gasteiger partial charge is 0.329 e. The number of aliphatic carboxylic acids is 1. The Bertz CT molecular complexity index is 408. The molecule has 1 aliphatic heterocycles. The summed E-state index contributed by atoms with van der Waals surface area (Å²) in [5.74, 6) is -0.909. The van der Waals surface area contributed by atoms with Gasteiger partial charge in [-0.1, -0.05) is 26.7 Å². The third-order valence-electron chi connectivity index (χ3n) is 5.15. The van der Waals surface area contributed by atoms with Gasteiger partial charge in [-0.2, -0.15) is 0 Å². The number of nitrogens with one attached hydrogen (secondary N) is 1. The van der Waals surface area contributed by atoms with Crippen LogP contribution in [0.1, 0.15) is 59.3 Å². The van der Waals surface area contributed by atoms with E-state index in [0.717, 1.165) is 25.7 Å². The summed E-state index contributed by atoms with van der Waals surface area (Å²) in [6.45, 7) is 6.53. The number of hydrogen-bond donors (Lipinski definition) is 2. The highest BCUT2D eigenvalue weighted by atomic mass is 16.4. The van der Waals surface area contributed by atoms with E-state index in [2.05, 4.69) is 19.2 Å². The Morgan fingerprint density at radius 2 is 1.85 bits per heavy atom. The molecule has 5 nitrogen and oxygen atoms in total. The highest BCUT2D eigenvalue weighted by molar-refractivity contribution is 5.86. The van der Waals surface area contributed by atoms with E-state index in [4.69, 9.17) is 0 Å². The predicted molar refractivity (Wildman–Crippen MR) is 76.5 cm³/mol. The molecule has 0 bridgehead atoms. The number of carboxylic acid groups (broad SMARTS) is 1. The van der Waals surface area contributed by atoms with Crippen LogP contribution in [-0.2, 0) is 4.79 Å². The summed E-state index contributed by atoms with van der Waals surface area (Å²) in [6, 6.07) is -0.0743. The fraction of sp³-hybridized carbons (Fsp3) is 0.867. The number of urea groups is 1. The maximum Gasteiger partial charge on any atom is 0.329 e. The zero-order chi connectivity index (χ0) is 15.0. The van der Waals surface area contributed by atoms with Crippen molar-refractivity contribution in [1.29, 1.82) is 0 Å². The number of hydrogen-bond acceptors (Lipinski definition) is 2. The van der Waals surface area contributed by atoms with Gasteiger partial charge in [0.05, 0.1) is 0 Å². The van der Waals surface area contributed by atoms with Crippen molar-refractivity contribution in [3.63, 3.8) is 0 Å². The molecule has 0 spiro atoms. The standard InChI is InChI=1S/C15H26N2O3/c1-14(2)8-5-4-7-11(14)16-13(20)17-10-6-9-15(17,3)12(18)19/h11H,4-10H2,1-3H3,(H,16,20)(H,18,19). The number of amides is 2. The Hall–Kier alpha value is -1.26. The van der Waals surface area contributed by atoms with Crippen LogP contribution in [0.2, 0.25) is 0 Å². The minimum Gasteiger partial charge on any atom is -0.480 e. The first-order valence-electron chi connectivity index (χ1n) is 7.59. The summed E-state index contributed by atoms with van der Waals surface area (Å²) in [6.07, 6.45) is 5.71. The van der Waals surface area contributed by atoms with Gasteiger partial charge in [0, 0.05) is 12.6 Å². The minimum absolute atomic E-state index is 0.0905. The molecule has 5 heteroatoms. The first-order valence-corrected chi connectivity index (χ1v) is 7.59. The predicted octanol–water partition coefficient (Wildman–Crippen LogP) is 2.60. The molecule has 2 atom stereocenters. The lowest BCUT2D eigenvalue weighted by Gasteiger charge is -2.41. The summed E-state index contributed by atoms with van der Waals surface area (Å²) in [4.78, 5) is 25.4. The van der Waals surface area contributed by atoms with Gasteiger partial charge in [-0.15, -0.1) is 0 Å². The number of rotatable bonds is 2. The van der Waals surface area contributed by atoms with Crippen LogP contribution >= 0.6 is 0 Å². The van der Waals surface area contributed by atoms with E-state index in [1.807, 2.05) is 0 Å². The molecule has 1 saturated heterocycles. The van der Waals surface area contributed by atoms with Crippen LogP contribution in [0.25, 0.3) is 0 Å². The molecule has 1 saturated carbocycles. The van der Waals surface area contributed by atoms with E-state index in [1.165, 1.54) is 11.3 Å². The fourth-order valence-electron chi connectivity index (χ4n) is 3.50. The molecule has 20 heavy (non-hydrogen) atoms. The van der Waals surface area contributed by atoms with Crippen molar-refractivity contribution in [1.82, 2.24) is 10.2 Å². The number of likely N-dealkylation sites (tertiary alicyclic amines) is 1. The lowest BCUT2D eigenvalue weighted by Crippen LogP contribution is -2.58. The lowest BCUT2D eigenvalue weighted by molar-refractivity contribution is -0.147. The molecular formula is C15H26N2O3. The second kappa shape index (κ2) is 5.26. The van der Waals surface area contributed by atoms with Crippen LogP contribution in [-0.4, -0.2) is 40.1 Å². The van der Waals surface area contributed by atoms with Crippen LogP contribution < -0.4 is 5.32 Å². The summed E-state index contributed by atoms with van der Waals surface area (Å²) in [5.41, 5.74) is -0.962. The molecule has 1 aliphatic carbocycles. The van der Waals surface area contributed by atoms with E-state index >= 15 is 0 Å². The van der Waals surface area contributed by atoms with Crippen molar-refractivity contribution in [3.05, 3.63) is 0 Å². The van der Waals surface area contributed by atoms with Crippen LogP contribution in [0, 0.1) is 5.41 Å². The van der Waals surface area contributed by atoms with E-state index in [-0.39, 0.29) is 17.5 Å². The van der Waals surface area contributed by atoms with Gasteiger partial charge in [0.1, 0.15) is 5.54 Å². The van der Waals surface area contributed by atoms with E-state index < -0.39 is 11.5 Å². The summed E-state index contributed by atoms with van der Waals surface area (Å²) in [7, 11) is 0. The van der Waals surface area contributed by atoms with E-state index in [0.29, 0.717) is 13.0 Å². The highest BCUT2D eigenvalue weighted by Gasteiger charge is 2.47. The normalized spacial score (nSPS) is 33.0. The van der Waals surface area contributed by atoms with E-state index in [1.54, 1.807) is 6.92 Å². The minimum atomic E-state index is -1.05. The molecule has 0 radical (unpaired) electrons. The van der Waals surface area contributed by atoms with Gasteiger partial charge in [-0.05, 0) is 38.0 Å². The third-order valence-corrected chi connectivity index (χ3v) is 5.15. The Labute approximate surface area is 120 Å². The molecule has 2 aliphatic rings. The zero-order valence-electron chi connectivity index (χ0n) is 12.7. The van der Waals surface area contributed by atoms with Crippen LogP contribution in [0.4, 0.5) is 4.79 Å². The molecule has 0 aromatic heterocycles. The molecule has 114 valence electrons. The number of nitrogens with zero attached hydrogens (tertiary/aromatic N) is 1. The monoisotopic (exact) mass is 282 g/mol. The second-order valence-corrected chi connectivity index (χ2v) is 7.07. The van der Waals surface area contributed by atoms with Gasteiger partial charge >= 0.3 is 12.0 Å². The van der Waals surface area contributed by atoms with E-state index in [9.17, 15) is 14.7 Å². The molecule has 2 unspecified atom stereocenters. The van der Waals surface area contributed by atoms with Crippen molar-refractivity contribution in [2.75, 3.05) is 6.54 Å². The summed E-state index contributed by atoms with van der Waals surface area (Å²) < 4.78 is 0. The average Bonchev–Trinajstić information content (AvgIpc) is 2.75. The largest absolute Gasteiger partial charge is 0.480 e. The molecule has 0 aromatic carbocycles. The van der Waals surface area contributed by atoms with Gasteiger partial charge in [-0.3, -0.25) is 0 Å². The SMILES string of the molecule is CC1(C)CCCCC1NC(=O)N1CCCC1(C)C(=O)O. The second-order valence-electron chi connectivity index (χ2n) is 7.07. The van der Waals surface area contributed by atoms with Crippen LogP contribution in [0.5, 0.6) is 0 Å². The van der Waals surface area contributed by atoms with Crippen molar-refractivity contribution in [2.45, 2.75) is 70.9 Å². The topological polar surface area (TPSA) is 69.6 Å². The van der Waals surface area contributed by atoms with Crippen molar-refractivity contribution < 1.29 is 14.7 Å². The Balaban J connectivity index is 2.06. The molecule has 2 N–H and O–H groups in total. The van der Waals surface area contributed by atoms with Gasteiger partial charge in [0.15, 0.2) is 0 Å². The Morgan fingerprint density at radius 3 is 2.45 bits per heavy atom. The van der Waals surface area contributed by atoms with Crippen molar-refractivity contribution in [2.24, 2.45) is 5.41 Å². The van der Waals surface area contributed by atoms with Crippen LogP contribution in [0.15, 0.2) is 0 Å². The number of carboxylic acids is 1. The van der Waals surface area contributed by atoms with Gasteiger partial charge in [0.25, 0.3) is 0 Å². The first kappa shape index (κ1) is 15.1. The molecular weight excluding hydrogens is 256 g/mol. The summed E-state index contributed by atoms with van der Waals surface area (Å²) in [5, 5.41) is 12.5. The van der Waals surface area contributed by atoms with Crippen molar-refractivity contribution in [3.8, 4) is 0 Å². The quantitative estimate of drug-likeness (QED) is 0.818. The maximum absolute atomic E-state index is 12.5. The van der Waals surface area contributed by atoms with Gasteiger partial charge in [-0.25, -0.2) is 9.59 Å². The summed E-state index contributed by atoms with van der Waals surface area (Å²) >= 11 is 0. The first-order chi connectivity index (χ1) is 9.27. The highest BCUT2D eigenvalue weighted by Crippen LogP contribution is 2.36. The molecule has 2 rings (SSSR count). The average molecular weight is 282 g/mol. The Morgan fingerprint density at radius 1 is 1.15 bits per heavy atom. The van der Waals surface area contributed by atoms with Crippen molar-refractivity contribution >= 4 is 12.0 Å². The molecule has 0 aromatic rings. The fourth-order valence-corrected chi connectivity index (χ4v) is 3.50. The molecule has 2 amide bonds.